The second kappa shape index (κ2) is 4.73. The van der Waals surface area contributed by atoms with Crippen molar-refractivity contribution in [1.29, 1.82) is 0 Å². The molecule has 2 nitrogen and oxygen atoms in total. The standard InChI is InChI=1S/C19H19NO/c1-13-18(15-9-11-20(13)12-10-15)19(21)17-8-4-6-14-5-2-3-7-16(14)17/h2-8,15,18H,1,9-12H2. The summed E-state index contributed by atoms with van der Waals surface area (Å²) < 4.78 is 0. The van der Waals surface area contributed by atoms with Gasteiger partial charge in [0.15, 0.2) is 5.78 Å². The molecule has 0 radical (unpaired) electrons. The Bertz CT molecular complexity index is 720. The summed E-state index contributed by atoms with van der Waals surface area (Å²) in [6, 6.07) is 14.2. The number of piperidine rings is 3. The van der Waals surface area contributed by atoms with Gasteiger partial charge in [0.1, 0.15) is 0 Å². The van der Waals surface area contributed by atoms with E-state index in [2.05, 4.69) is 23.6 Å². The van der Waals surface area contributed by atoms with Crippen LogP contribution < -0.4 is 0 Å². The number of rotatable bonds is 2. The zero-order valence-corrected chi connectivity index (χ0v) is 12.1. The molecule has 0 N–H and O–H groups in total. The predicted molar refractivity (Wildman–Crippen MR) is 85.2 cm³/mol. The minimum atomic E-state index is -0.0155. The van der Waals surface area contributed by atoms with Gasteiger partial charge in [0.05, 0.1) is 5.92 Å². The van der Waals surface area contributed by atoms with Crippen molar-refractivity contribution in [2.24, 2.45) is 11.8 Å². The molecule has 2 aromatic rings. The first-order chi connectivity index (χ1) is 10.3. The van der Waals surface area contributed by atoms with Crippen molar-refractivity contribution in [3.63, 3.8) is 0 Å². The molecule has 2 bridgehead atoms. The quantitative estimate of drug-likeness (QED) is 0.776. The van der Waals surface area contributed by atoms with Crippen LogP contribution in [0.4, 0.5) is 0 Å². The Morgan fingerprint density at radius 1 is 1.05 bits per heavy atom. The summed E-state index contributed by atoms with van der Waals surface area (Å²) in [6.07, 6.45) is 2.25. The number of hydrogen-bond donors (Lipinski definition) is 0. The van der Waals surface area contributed by atoms with Gasteiger partial charge in [-0.15, -0.1) is 0 Å². The molecule has 0 spiro atoms. The van der Waals surface area contributed by atoms with E-state index in [4.69, 9.17) is 0 Å². The molecule has 2 heteroatoms. The van der Waals surface area contributed by atoms with Crippen LogP contribution in [0.25, 0.3) is 10.8 Å². The van der Waals surface area contributed by atoms with Gasteiger partial charge < -0.3 is 4.90 Å². The van der Waals surface area contributed by atoms with Gasteiger partial charge in [-0.1, -0.05) is 49.0 Å². The Hall–Kier alpha value is -2.09. The number of fused-ring (bicyclic) bond motifs is 4. The lowest BCUT2D eigenvalue weighted by Crippen LogP contribution is -2.47. The number of ketones is 1. The number of carbonyl (C=O) groups excluding carboxylic acids is 1. The van der Waals surface area contributed by atoms with E-state index in [0.29, 0.717) is 5.92 Å². The molecule has 3 aliphatic heterocycles. The molecule has 0 aliphatic carbocycles. The number of hydrogen-bond acceptors (Lipinski definition) is 2. The molecule has 106 valence electrons. The Morgan fingerprint density at radius 2 is 1.76 bits per heavy atom. The lowest BCUT2D eigenvalue weighted by atomic mass is 9.73. The highest BCUT2D eigenvalue weighted by atomic mass is 16.1. The van der Waals surface area contributed by atoms with Crippen LogP contribution in [0.5, 0.6) is 0 Å². The number of carbonyl (C=O) groups is 1. The predicted octanol–water partition coefficient (Wildman–Crippen LogP) is 3.88. The molecule has 0 amide bonds. The second-order valence-corrected chi connectivity index (χ2v) is 6.18. The van der Waals surface area contributed by atoms with Gasteiger partial charge in [0.2, 0.25) is 0 Å². The zero-order valence-electron chi connectivity index (χ0n) is 12.1. The molecule has 3 fully saturated rings. The minimum Gasteiger partial charge on any atom is -0.375 e. The summed E-state index contributed by atoms with van der Waals surface area (Å²) >= 11 is 0. The SMILES string of the molecule is C=C1C(C(=O)c2cccc3ccccc23)C2CCN1CC2. The molecule has 2 aromatic carbocycles. The van der Waals surface area contributed by atoms with Crippen LogP contribution in [0.1, 0.15) is 23.2 Å². The first-order valence-electron chi connectivity index (χ1n) is 7.71. The van der Waals surface area contributed by atoms with Crippen molar-refractivity contribution in [3.05, 3.63) is 60.3 Å². The van der Waals surface area contributed by atoms with Gasteiger partial charge in [-0.25, -0.2) is 0 Å². The molecule has 0 saturated carbocycles. The van der Waals surface area contributed by atoms with Crippen molar-refractivity contribution in [1.82, 2.24) is 4.90 Å². The van der Waals surface area contributed by atoms with E-state index in [0.717, 1.165) is 48.0 Å². The number of Topliss-reactive ketones (excluding diaryl/α,β-unsaturated/α-hetero) is 1. The summed E-state index contributed by atoms with van der Waals surface area (Å²) in [5.74, 6) is 0.721. The molecule has 1 atom stereocenters. The smallest absolute Gasteiger partial charge is 0.172 e. The van der Waals surface area contributed by atoms with Gasteiger partial charge in [0, 0.05) is 24.4 Å². The second-order valence-electron chi connectivity index (χ2n) is 6.18. The summed E-state index contributed by atoms with van der Waals surface area (Å²) in [6.45, 7) is 6.35. The van der Waals surface area contributed by atoms with Crippen molar-refractivity contribution in [2.75, 3.05) is 13.1 Å². The monoisotopic (exact) mass is 277 g/mol. The summed E-state index contributed by atoms with van der Waals surface area (Å²) in [4.78, 5) is 15.4. The van der Waals surface area contributed by atoms with Crippen LogP contribution in [0.3, 0.4) is 0 Å². The van der Waals surface area contributed by atoms with Gasteiger partial charge in [-0.3, -0.25) is 4.79 Å². The highest BCUT2D eigenvalue weighted by Crippen LogP contribution is 2.41. The van der Waals surface area contributed by atoms with Crippen LogP contribution in [0, 0.1) is 11.8 Å². The Kier molecular flexibility index (Phi) is 2.85. The zero-order chi connectivity index (χ0) is 14.4. The molecule has 0 aromatic heterocycles. The third-order valence-electron chi connectivity index (χ3n) is 5.11. The lowest BCUT2D eigenvalue weighted by Gasteiger charge is -2.47. The van der Waals surface area contributed by atoms with E-state index in [1.807, 2.05) is 30.3 Å². The minimum absolute atomic E-state index is 0.0155. The van der Waals surface area contributed by atoms with Crippen LogP contribution >= 0.6 is 0 Å². The van der Waals surface area contributed by atoms with Crippen LogP contribution in [0.2, 0.25) is 0 Å². The normalized spacial score (nSPS) is 24.6. The maximum Gasteiger partial charge on any atom is 0.172 e. The van der Waals surface area contributed by atoms with Crippen molar-refractivity contribution >= 4 is 16.6 Å². The van der Waals surface area contributed by atoms with E-state index in [1.54, 1.807) is 0 Å². The third-order valence-corrected chi connectivity index (χ3v) is 5.11. The van der Waals surface area contributed by atoms with Crippen molar-refractivity contribution in [3.8, 4) is 0 Å². The Labute approximate surface area is 125 Å². The van der Waals surface area contributed by atoms with Crippen LogP contribution in [0.15, 0.2) is 54.7 Å². The topological polar surface area (TPSA) is 20.3 Å². The molecule has 1 unspecified atom stereocenters. The number of allylic oxidation sites excluding steroid dienone is 1. The van der Waals surface area contributed by atoms with E-state index < -0.39 is 0 Å². The average molecular weight is 277 g/mol. The van der Waals surface area contributed by atoms with Gasteiger partial charge >= 0.3 is 0 Å². The largest absolute Gasteiger partial charge is 0.375 e. The molecule has 3 aliphatic rings. The molecule has 3 saturated heterocycles. The molecular formula is C19H19NO. The Balaban J connectivity index is 1.78. The highest BCUT2D eigenvalue weighted by Gasteiger charge is 2.41. The van der Waals surface area contributed by atoms with E-state index in [-0.39, 0.29) is 11.7 Å². The first-order valence-corrected chi connectivity index (χ1v) is 7.71. The highest BCUT2D eigenvalue weighted by molar-refractivity contribution is 6.10. The molecule has 3 heterocycles. The fourth-order valence-electron chi connectivity index (χ4n) is 3.96. The number of benzene rings is 2. The molecule has 21 heavy (non-hydrogen) atoms. The van der Waals surface area contributed by atoms with E-state index in [9.17, 15) is 4.79 Å². The van der Waals surface area contributed by atoms with Gasteiger partial charge in [-0.2, -0.15) is 0 Å². The van der Waals surface area contributed by atoms with E-state index in [1.165, 1.54) is 0 Å². The summed E-state index contributed by atoms with van der Waals surface area (Å²) in [5.41, 5.74) is 1.89. The van der Waals surface area contributed by atoms with Crippen molar-refractivity contribution < 1.29 is 4.79 Å². The maximum atomic E-state index is 13.1. The fraction of sp³-hybridized carbons (Fsp3) is 0.316. The molecule has 5 rings (SSSR count). The third kappa shape index (κ3) is 1.90. The summed E-state index contributed by atoms with van der Waals surface area (Å²) in [5, 5.41) is 2.20. The van der Waals surface area contributed by atoms with Crippen molar-refractivity contribution in [2.45, 2.75) is 12.8 Å². The molecular weight excluding hydrogens is 258 g/mol. The lowest BCUT2D eigenvalue weighted by molar-refractivity contribution is 0.0670. The van der Waals surface area contributed by atoms with Gasteiger partial charge in [0.25, 0.3) is 0 Å². The van der Waals surface area contributed by atoms with Crippen LogP contribution in [-0.2, 0) is 0 Å². The Morgan fingerprint density at radius 3 is 2.52 bits per heavy atom. The average Bonchev–Trinajstić information content (AvgIpc) is 2.55. The van der Waals surface area contributed by atoms with Gasteiger partial charge in [-0.05, 0) is 29.5 Å². The van der Waals surface area contributed by atoms with E-state index >= 15 is 0 Å². The fourth-order valence-corrected chi connectivity index (χ4v) is 3.96. The number of nitrogens with zero attached hydrogens (tertiary/aromatic N) is 1. The maximum absolute atomic E-state index is 13.1. The first kappa shape index (κ1) is 12.6. The van der Waals surface area contributed by atoms with Crippen LogP contribution in [-0.4, -0.2) is 23.8 Å². The summed E-state index contributed by atoms with van der Waals surface area (Å²) in [7, 11) is 0.